The van der Waals surface area contributed by atoms with Crippen LogP contribution in [-0.4, -0.2) is 38.1 Å². The fourth-order valence-corrected chi connectivity index (χ4v) is 1.51. The van der Waals surface area contributed by atoms with Gasteiger partial charge in [-0.2, -0.15) is 0 Å². The van der Waals surface area contributed by atoms with Crippen molar-refractivity contribution in [3.05, 3.63) is 35.4 Å². The van der Waals surface area contributed by atoms with Gasteiger partial charge >= 0.3 is 0 Å². The van der Waals surface area contributed by atoms with Gasteiger partial charge in [-0.3, -0.25) is 0 Å². The van der Waals surface area contributed by atoms with Crippen LogP contribution in [-0.2, 0) is 15.9 Å². The van der Waals surface area contributed by atoms with Crippen molar-refractivity contribution in [1.29, 1.82) is 0 Å². The molecule has 16 heavy (non-hydrogen) atoms. The van der Waals surface area contributed by atoms with Gasteiger partial charge in [0.05, 0.1) is 25.9 Å². The predicted molar refractivity (Wildman–Crippen MR) is 63.6 cm³/mol. The molecule has 1 unspecified atom stereocenters. The molecular weight excluding hydrogens is 204 g/mol. The standard InChI is InChI=1S/C13H20O3/c1-11-5-3-4-6-12(11)9-13(14)10-16-8-7-15-2/h3-6,13-14H,7-10H2,1-2H3. The lowest BCUT2D eigenvalue weighted by molar-refractivity contribution is 0.0136. The second kappa shape index (κ2) is 7.39. The second-order valence-electron chi connectivity index (χ2n) is 3.85. The van der Waals surface area contributed by atoms with Gasteiger partial charge in [0.1, 0.15) is 0 Å². The van der Waals surface area contributed by atoms with Gasteiger partial charge in [-0.25, -0.2) is 0 Å². The molecule has 0 aliphatic rings. The van der Waals surface area contributed by atoms with Gasteiger partial charge in [-0.05, 0) is 18.1 Å². The summed E-state index contributed by atoms with van der Waals surface area (Å²) in [6, 6.07) is 8.07. The quantitative estimate of drug-likeness (QED) is 0.714. The van der Waals surface area contributed by atoms with Crippen molar-refractivity contribution in [2.45, 2.75) is 19.4 Å². The zero-order valence-corrected chi connectivity index (χ0v) is 9.98. The van der Waals surface area contributed by atoms with Crippen LogP contribution in [0.2, 0.25) is 0 Å². The maximum absolute atomic E-state index is 9.76. The molecule has 3 heteroatoms. The summed E-state index contributed by atoms with van der Waals surface area (Å²) in [5.41, 5.74) is 2.38. The molecule has 0 spiro atoms. The van der Waals surface area contributed by atoms with Crippen LogP contribution in [0.5, 0.6) is 0 Å². The Labute approximate surface area is 97.0 Å². The molecule has 1 N–H and O–H groups in total. The number of hydrogen-bond acceptors (Lipinski definition) is 3. The Morgan fingerprint density at radius 1 is 1.25 bits per heavy atom. The van der Waals surface area contributed by atoms with E-state index in [0.717, 1.165) is 0 Å². The molecule has 0 radical (unpaired) electrons. The topological polar surface area (TPSA) is 38.7 Å². The third kappa shape index (κ3) is 4.75. The zero-order chi connectivity index (χ0) is 11.8. The molecule has 0 aliphatic heterocycles. The van der Waals surface area contributed by atoms with E-state index in [0.29, 0.717) is 26.2 Å². The Bertz CT molecular complexity index is 299. The molecule has 0 fully saturated rings. The molecule has 1 aromatic rings. The highest BCUT2D eigenvalue weighted by Crippen LogP contribution is 2.09. The van der Waals surface area contributed by atoms with E-state index in [1.165, 1.54) is 11.1 Å². The molecular formula is C13H20O3. The van der Waals surface area contributed by atoms with Crippen LogP contribution in [0.3, 0.4) is 0 Å². The second-order valence-corrected chi connectivity index (χ2v) is 3.85. The van der Waals surface area contributed by atoms with Gasteiger partial charge in [0.2, 0.25) is 0 Å². The third-order valence-electron chi connectivity index (χ3n) is 2.46. The summed E-state index contributed by atoms with van der Waals surface area (Å²) in [4.78, 5) is 0. The van der Waals surface area contributed by atoms with Gasteiger partial charge < -0.3 is 14.6 Å². The van der Waals surface area contributed by atoms with Crippen molar-refractivity contribution in [3.8, 4) is 0 Å². The predicted octanol–water partition coefficient (Wildman–Crippen LogP) is 1.56. The Balaban J connectivity index is 2.28. The highest BCUT2D eigenvalue weighted by molar-refractivity contribution is 5.26. The van der Waals surface area contributed by atoms with E-state index in [9.17, 15) is 5.11 Å². The summed E-state index contributed by atoms with van der Waals surface area (Å²) in [5, 5.41) is 9.76. The van der Waals surface area contributed by atoms with E-state index in [1.54, 1.807) is 7.11 Å². The largest absolute Gasteiger partial charge is 0.390 e. The number of ether oxygens (including phenoxy) is 2. The molecule has 1 rings (SSSR count). The monoisotopic (exact) mass is 224 g/mol. The van der Waals surface area contributed by atoms with Crippen molar-refractivity contribution in [2.75, 3.05) is 26.9 Å². The van der Waals surface area contributed by atoms with E-state index in [1.807, 2.05) is 31.2 Å². The Kier molecular flexibility index (Phi) is 6.08. The number of benzene rings is 1. The number of aliphatic hydroxyl groups is 1. The fourth-order valence-electron chi connectivity index (χ4n) is 1.51. The number of methoxy groups -OCH3 is 1. The van der Waals surface area contributed by atoms with E-state index in [2.05, 4.69) is 0 Å². The molecule has 0 heterocycles. The van der Waals surface area contributed by atoms with E-state index in [-0.39, 0.29) is 0 Å². The normalized spacial score (nSPS) is 12.7. The van der Waals surface area contributed by atoms with Crippen LogP contribution in [0.25, 0.3) is 0 Å². The fraction of sp³-hybridized carbons (Fsp3) is 0.538. The van der Waals surface area contributed by atoms with Crippen molar-refractivity contribution < 1.29 is 14.6 Å². The Morgan fingerprint density at radius 3 is 2.69 bits per heavy atom. The first kappa shape index (κ1) is 13.2. The number of aliphatic hydroxyl groups excluding tert-OH is 1. The van der Waals surface area contributed by atoms with Crippen molar-refractivity contribution in [2.24, 2.45) is 0 Å². The van der Waals surface area contributed by atoms with Gasteiger partial charge in [-0.1, -0.05) is 24.3 Å². The lowest BCUT2D eigenvalue weighted by atomic mass is 10.0. The van der Waals surface area contributed by atoms with Crippen LogP contribution < -0.4 is 0 Å². The minimum atomic E-state index is -0.446. The first-order chi connectivity index (χ1) is 7.74. The van der Waals surface area contributed by atoms with E-state index >= 15 is 0 Å². The first-order valence-corrected chi connectivity index (χ1v) is 5.53. The average Bonchev–Trinajstić information content (AvgIpc) is 2.28. The number of hydrogen-bond donors (Lipinski definition) is 1. The Morgan fingerprint density at radius 2 is 2.00 bits per heavy atom. The van der Waals surface area contributed by atoms with Crippen LogP contribution in [0, 0.1) is 6.92 Å². The molecule has 3 nitrogen and oxygen atoms in total. The minimum absolute atomic E-state index is 0.359. The first-order valence-electron chi connectivity index (χ1n) is 5.53. The molecule has 1 atom stereocenters. The molecule has 0 aliphatic carbocycles. The SMILES string of the molecule is COCCOCC(O)Cc1ccccc1C. The maximum atomic E-state index is 9.76. The highest BCUT2D eigenvalue weighted by atomic mass is 16.5. The summed E-state index contributed by atoms with van der Waals surface area (Å²) < 4.78 is 10.1. The third-order valence-corrected chi connectivity index (χ3v) is 2.46. The summed E-state index contributed by atoms with van der Waals surface area (Å²) in [6.07, 6.45) is 0.192. The molecule has 0 amide bonds. The van der Waals surface area contributed by atoms with Gasteiger partial charge in [-0.15, -0.1) is 0 Å². The average molecular weight is 224 g/mol. The van der Waals surface area contributed by atoms with Crippen LogP contribution in [0.15, 0.2) is 24.3 Å². The van der Waals surface area contributed by atoms with Gasteiger partial charge in [0, 0.05) is 13.5 Å². The molecule has 1 aromatic carbocycles. The van der Waals surface area contributed by atoms with Crippen LogP contribution >= 0.6 is 0 Å². The molecule has 90 valence electrons. The van der Waals surface area contributed by atoms with Crippen LogP contribution in [0.4, 0.5) is 0 Å². The summed E-state index contributed by atoms with van der Waals surface area (Å²) in [5.74, 6) is 0. The summed E-state index contributed by atoms with van der Waals surface area (Å²) in [6.45, 7) is 3.50. The smallest absolute Gasteiger partial charge is 0.0814 e. The molecule has 0 saturated heterocycles. The Hall–Kier alpha value is -0.900. The van der Waals surface area contributed by atoms with Gasteiger partial charge in [0.25, 0.3) is 0 Å². The van der Waals surface area contributed by atoms with Gasteiger partial charge in [0.15, 0.2) is 0 Å². The zero-order valence-electron chi connectivity index (χ0n) is 9.98. The maximum Gasteiger partial charge on any atom is 0.0814 e. The number of rotatable bonds is 7. The van der Waals surface area contributed by atoms with Crippen molar-refractivity contribution >= 4 is 0 Å². The molecule has 0 saturated carbocycles. The lowest BCUT2D eigenvalue weighted by Crippen LogP contribution is -2.20. The van der Waals surface area contributed by atoms with Crippen molar-refractivity contribution in [1.82, 2.24) is 0 Å². The van der Waals surface area contributed by atoms with Crippen molar-refractivity contribution in [3.63, 3.8) is 0 Å². The molecule has 0 aromatic heterocycles. The lowest BCUT2D eigenvalue weighted by Gasteiger charge is -2.12. The van der Waals surface area contributed by atoms with E-state index < -0.39 is 6.10 Å². The summed E-state index contributed by atoms with van der Waals surface area (Å²) in [7, 11) is 1.63. The molecule has 0 bridgehead atoms. The highest BCUT2D eigenvalue weighted by Gasteiger charge is 2.07. The van der Waals surface area contributed by atoms with E-state index in [4.69, 9.17) is 9.47 Å². The minimum Gasteiger partial charge on any atom is -0.390 e. The number of aryl methyl sites for hydroxylation is 1. The van der Waals surface area contributed by atoms with Crippen LogP contribution in [0.1, 0.15) is 11.1 Å². The summed E-state index contributed by atoms with van der Waals surface area (Å²) >= 11 is 0.